The third-order valence-corrected chi connectivity index (χ3v) is 3.09. The van der Waals surface area contributed by atoms with Crippen LogP contribution in [0.2, 0.25) is 5.02 Å². The molecule has 0 aliphatic carbocycles. The highest BCUT2D eigenvalue weighted by atomic mass is 35.5. The van der Waals surface area contributed by atoms with E-state index in [1.165, 1.54) is 5.56 Å². The molecule has 0 saturated heterocycles. The molecule has 0 saturated carbocycles. The molecule has 0 atom stereocenters. The third-order valence-electron chi connectivity index (χ3n) is 2.79. The molecule has 0 aliphatic heterocycles. The first-order valence-corrected chi connectivity index (χ1v) is 7.52. The van der Waals surface area contributed by atoms with Gasteiger partial charge >= 0.3 is 0 Å². The van der Waals surface area contributed by atoms with Gasteiger partial charge in [0.25, 0.3) is 0 Å². The predicted octanol–water partition coefficient (Wildman–Crippen LogP) is 5.03. The van der Waals surface area contributed by atoms with E-state index >= 15 is 0 Å². The fourth-order valence-corrected chi connectivity index (χ4v) is 1.88. The van der Waals surface area contributed by atoms with Crippen LogP contribution in [0.25, 0.3) is 0 Å². The highest BCUT2D eigenvalue weighted by Gasteiger charge is 2.15. The van der Waals surface area contributed by atoms with Gasteiger partial charge in [0.05, 0.1) is 16.9 Å². The number of nitrogens with zero attached hydrogens (tertiary/aromatic N) is 2. The van der Waals surface area contributed by atoms with Crippen molar-refractivity contribution in [2.24, 2.45) is 0 Å². The minimum atomic E-state index is 0.0765. The van der Waals surface area contributed by atoms with E-state index in [9.17, 15) is 0 Å². The maximum absolute atomic E-state index is 6.24. The van der Waals surface area contributed by atoms with Crippen LogP contribution < -0.4 is 4.74 Å². The monoisotopic (exact) mass is 306 g/mol. The molecule has 0 aliphatic rings. The van der Waals surface area contributed by atoms with Crippen LogP contribution in [0.5, 0.6) is 5.75 Å². The highest BCUT2D eigenvalue weighted by molar-refractivity contribution is 6.32. The summed E-state index contributed by atoms with van der Waals surface area (Å²) in [5, 5.41) is 0.622. The van der Waals surface area contributed by atoms with Crippen LogP contribution in [-0.2, 0) is 12.0 Å². The fourth-order valence-electron chi connectivity index (χ4n) is 1.64. The van der Waals surface area contributed by atoms with Crippen LogP contribution in [0.15, 0.2) is 36.8 Å². The Balaban J connectivity index is 0.00000106. The van der Waals surface area contributed by atoms with Crippen molar-refractivity contribution in [2.45, 2.75) is 46.6 Å². The normalized spacial score (nSPS) is 10.6. The summed E-state index contributed by atoms with van der Waals surface area (Å²) >= 11 is 6.24. The van der Waals surface area contributed by atoms with Gasteiger partial charge in [-0.05, 0) is 23.1 Å². The summed E-state index contributed by atoms with van der Waals surface area (Å²) in [4.78, 5) is 8.14. The Morgan fingerprint density at radius 2 is 1.86 bits per heavy atom. The fraction of sp³-hybridized carbons (Fsp3) is 0.412. The molecule has 2 rings (SSSR count). The summed E-state index contributed by atoms with van der Waals surface area (Å²) in [6.07, 6.45) is 4.95. The molecule has 1 aromatic carbocycles. The molecule has 0 fully saturated rings. The molecular weight excluding hydrogens is 284 g/mol. The molecule has 21 heavy (non-hydrogen) atoms. The van der Waals surface area contributed by atoms with Crippen molar-refractivity contribution in [3.63, 3.8) is 0 Å². The number of ether oxygens (including phenoxy) is 1. The Morgan fingerprint density at radius 1 is 1.14 bits per heavy atom. The van der Waals surface area contributed by atoms with Gasteiger partial charge in [-0.1, -0.05) is 52.3 Å². The lowest BCUT2D eigenvalue weighted by molar-refractivity contribution is 0.300. The third kappa shape index (κ3) is 5.35. The first kappa shape index (κ1) is 17.4. The topological polar surface area (TPSA) is 35.0 Å². The van der Waals surface area contributed by atoms with E-state index < -0.39 is 0 Å². The summed E-state index contributed by atoms with van der Waals surface area (Å²) in [6.45, 7) is 10.8. The van der Waals surface area contributed by atoms with Crippen LogP contribution in [0.4, 0.5) is 0 Å². The van der Waals surface area contributed by atoms with Gasteiger partial charge in [0.15, 0.2) is 0 Å². The molecule has 0 N–H and O–H groups in total. The number of rotatable bonds is 3. The summed E-state index contributed by atoms with van der Waals surface area (Å²) in [6, 6.07) is 5.89. The maximum atomic E-state index is 6.24. The standard InChI is InChI=1S/C15H17ClN2O.C2H6/c1-15(2,3)11-4-5-14(13(16)8-11)19-10-12-9-17-6-7-18-12;1-2/h4-9H,10H2,1-3H3;1-2H3. The average Bonchev–Trinajstić information content (AvgIpc) is 2.48. The van der Waals surface area contributed by atoms with Crippen molar-refractivity contribution < 1.29 is 4.74 Å². The van der Waals surface area contributed by atoms with Gasteiger partial charge in [-0.15, -0.1) is 0 Å². The number of halogens is 1. The first-order chi connectivity index (χ1) is 9.97. The number of hydrogen-bond acceptors (Lipinski definition) is 3. The van der Waals surface area contributed by atoms with E-state index in [2.05, 4.69) is 30.7 Å². The zero-order valence-electron chi connectivity index (χ0n) is 13.4. The highest BCUT2D eigenvalue weighted by Crippen LogP contribution is 2.31. The van der Waals surface area contributed by atoms with Crippen LogP contribution in [0.1, 0.15) is 45.9 Å². The molecule has 0 unspecified atom stereocenters. The molecule has 0 bridgehead atoms. The second-order valence-corrected chi connectivity index (χ2v) is 5.79. The molecule has 1 aromatic heterocycles. The van der Waals surface area contributed by atoms with Crippen LogP contribution in [-0.4, -0.2) is 9.97 Å². The van der Waals surface area contributed by atoms with Gasteiger partial charge in [0.2, 0.25) is 0 Å². The minimum absolute atomic E-state index is 0.0765. The van der Waals surface area contributed by atoms with Crippen molar-refractivity contribution in [3.8, 4) is 5.75 Å². The lowest BCUT2D eigenvalue weighted by Crippen LogP contribution is -2.11. The van der Waals surface area contributed by atoms with Gasteiger partial charge in [-0.25, -0.2) is 0 Å². The van der Waals surface area contributed by atoms with E-state index in [1.807, 2.05) is 32.0 Å². The van der Waals surface area contributed by atoms with Crippen molar-refractivity contribution in [3.05, 3.63) is 53.1 Å². The van der Waals surface area contributed by atoms with Crippen molar-refractivity contribution >= 4 is 11.6 Å². The maximum Gasteiger partial charge on any atom is 0.138 e. The zero-order chi connectivity index (χ0) is 15.9. The average molecular weight is 307 g/mol. The molecule has 0 spiro atoms. The summed E-state index contributed by atoms with van der Waals surface area (Å²) < 4.78 is 5.66. The summed E-state index contributed by atoms with van der Waals surface area (Å²) in [7, 11) is 0. The molecular formula is C17H23ClN2O. The number of benzene rings is 1. The Labute approximate surface area is 132 Å². The molecule has 1 heterocycles. The van der Waals surface area contributed by atoms with Crippen molar-refractivity contribution in [1.29, 1.82) is 0 Å². The molecule has 114 valence electrons. The van der Waals surface area contributed by atoms with E-state index in [0.29, 0.717) is 17.4 Å². The largest absolute Gasteiger partial charge is 0.486 e. The van der Waals surface area contributed by atoms with Crippen LogP contribution in [0.3, 0.4) is 0 Å². The second kappa shape index (κ2) is 7.99. The van der Waals surface area contributed by atoms with Gasteiger partial charge in [0, 0.05) is 12.4 Å². The smallest absolute Gasteiger partial charge is 0.138 e. The van der Waals surface area contributed by atoms with Crippen molar-refractivity contribution in [2.75, 3.05) is 0 Å². The summed E-state index contributed by atoms with van der Waals surface area (Å²) in [5.74, 6) is 0.667. The van der Waals surface area contributed by atoms with E-state index in [-0.39, 0.29) is 5.41 Å². The molecule has 0 radical (unpaired) electrons. The van der Waals surface area contributed by atoms with Crippen molar-refractivity contribution in [1.82, 2.24) is 9.97 Å². The van der Waals surface area contributed by atoms with E-state index in [4.69, 9.17) is 16.3 Å². The minimum Gasteiger partial charge on any atom is -0.486 e. The van der Waals surface area contributed by atoms with Gasteiger partial charge in [0.1, 0.15) is 12.4 Å². The van der Waals surface area contributed by atoms with Gasteiger partial charge in [-0.3, -0.25) is 9.97 Å². The first-order valence-electron chi connectivity index (χ1n) is 7.14. The van der Waals surface area contributed by atoms with Crippen LogP contribution >= 0.6 is 11.6 Å². The molecule has 3 nitrogen and oxygen atoms in total. The zero-order valence-corrected chi connectivity index (χ0v) is 14.1. The van der Waals surface area contributed by atoms with Gasteiger partial charge < -0.3 is 4.74 Å². The summed E-state index contributed by atoms with van der Waals surface area (Å²) in [5.41, 5.74) is 2.04. The quantitative estimate of drug-likeness (QED) is 0.797. The Morgan fingerprint density at radius 3 is 2.38 bits per heavy atom. The predicted molar refractivity (Wildman–Crippen MR) is 87.9 cm³/mol. The Kier molecular flexibility index (Phi) is 6.63. The SMILES string of the molecule is CC.CC(C)(C)c1ccc(OCc2cnccn2)c(Cl)c1. The van der Waals surface area contributed by atoms with E-state index in [1.54, 1.807) is 18.6 Å². The molecule has 4 heteroatoms. The van der Waals surface area contributed by atoms with Gasteiger partial charge in [-0.2, -0.15) is 0 Å². The lowest BCUT2D eigenvalue weighted by atomic mass is 9.87. The number of hydrogen-bond donors (Lipinski definition) is 0. The second-order valence-electron chi connectivity index (χ2n) is 5.38. The Bertz CT molecular complexity index is 550. The van der Waals surface area contributed by atoms with E-state index in [0.717, 1.165) is 5.69 Å². The lowest BCUT2D eigenvalue weighted by Gasteiger charge is -2.20. The molecule has 0 amide bonds. The molecule has 2 aromatic rings. The van der Waals surface area contributed by atoms with Crippen LogP contribution in [0, 0.1) is 0 Å². The Hall–Kier alpha value is -1.61. The number of aromatic nitrogens is 2.